The van der Waals surface area contributed by atoms with E-state index in [1.54, 1.807) is 18.2 Å². The number of esters is 1. The first-order chi connectivity index (χ1) is 19.4. The Morgan fingerprint density at radius 2 is 1.82 bits per heavy atom. The van der Waals surface area contributed by atoms with Gasteiger partial charge in [0.2, 0.25) is 5.91 Å². The minimum Gasteiger partial charge on any atom is -0.504 e. The van der Waals surface area contributed by atoms with Gasteiger partial charge < -0.3 is 19.9 Å². The molecule has 202 valence electrons. The topological polar surface area (TPSA) is 122 Å². The Kier molecular flexibility index (Phi) is 9.11. The third-order valence-corrected chi connectivity index (χ3v) is 6.49. The minimum absolute atomic E-state index is 0.0566. The molecule has 0 spiro atoms. The van der Waals surface area contributed by atoms with Crippen LogP contribution < -0.4 is 10.1 Å². The van der Waals surface area contributed by atoms with Crippen molar-refractivity contribution in [2.75, 3.05) is 7.11 Å². The van der Waals surface area contributed by atoms with Crippen LogP contribution in [0.3, 0.4) is 0 Å². The minimum atomic E-state index is -0.973. The molecule has 0 saturated heterocycles. The van der Waals surface area contributed by atoms with Crippen molar-refractivity contribution in [1.29, 1.82) is 5.26 Å². The van der Waals surface area contributed by atoms with Gasteiger partial charge in [-0.3, -0.25) is 9.78 Å². The lowest BCUT2D eigenvalue weighted by molar-refractivity contribution is -0.145. The molecular formula is C32H29N3O5. The molecule has 2 N–H and O–H groups in total. The number of pyridine rings is 1. The quantitative estimate of drug-likeness (QED) is 0.283. The fourth-order valence-electron chi connectivity index (χ4n) is 4.39. The molecule has 0 aliphatic rings. The lowest BCUT2D eigenvalue weighted by Gasteiger charge is -2.18. The van der Waals surface area contributed by atoms with E-state index < -0.39 is 17.9 Å². The van der Waals surface area contributed by atoms with Gasteiger partial charge in [-0.2, -0.15) is 5.26 Å². The Labute approximate surface area is 232 Å². The lowest BCUT2D eigenvalue weighted by atomic mass is 9.97. The van der Waals surface area contributed by atoms with E-state index in [0.717, 1.165) is 22.3 Å². The summed E-state index contributed by atoms with van der Waals surface area (Å²) in [5.41, 5.74) is 5.82. The van der Waals surface area contributed by atoms with Crippen LogP contribution in [0.1, 0.15) is 27.8 Å². The molecule has 1 atom stereocenters. The number of aromatic nitrogens is 1. The molecule has 1 aromatic heterocycles. The summed E-state index contributed by atoms with van der Waals surface area (Å²) in [6.07, 6.45) is 2.94. The molecule has 0 fully saturated rings. The number of phenolic OH excluding ortho intramolecular Hbond substituents is 1. The van der Waals surface area contributed by atoms with Crippen molar-refractivity contribution in [3.63, 3.8) is 0 Å². The zero-order valence-corrected chi connectivity index (χ0v) is 22.3. The van der Waals surface area contributed by atoms with Gasteiger partial charge in [0, 0.05) is 18.8 Å². The summed E-state index contributed by atoms with van der Waals surface area (Å²) >= 11 is 0. The molecule has 0 aliphatic heterocycles. The highest BCUT2D eigenvalue weighted by Gasteiger charge is 2.23. The fourth-order valence-corrected chi connectivity index (χ4v) is 4.39. The zero-order chi connectivity index (χ0) is 28.5. The Morgan fingerprint density at radius 3 is 2.55 bits per heavy atom. The van der Waals surface area contributed by atoms with Crippen LogP contribution in [-0.4, -0.2) is 35.1 Å². The summed E-state index contributed by atoms with van der Waals surface area (Å²) in [7, 11) is 1.24. The highest BCUT2D eigenvalue weighted by molar-refractivity contribution is 5.85. The number of carbonyl (C=O) groups excluding carboxylic acids is 2. The van der Waals surface area contributed by atoms with E-state index in [2.05, 4.69) is 28.5 Å². The van der Waals surface area contributed by atoms with E-state index in [9.17, 15) is 14.7 Å². The first kappa shape index (κ1) is 27.9. The third-order valence-electron chi connectivity index (χ3n) is 6.49. The Bertz CT molecular complexity index is 1550. The number of amides is 1. The summed E-state index contributed by atoms with van der Waals surface area (Å²) < 4.78 is 10.8. The Morgan fingerprint density at radius 1 is 1.02 bits per heavy atom. The standard InChI is InChI=1S/C32H29N3O5/c1-21-26(9-6-10-27(21)25-7-4-3-5-8-25)20-40-30-12-11-22(15-29(30)36)14-28(32(38)39-2)35-31(37)16-23-13-24(17-33)19-34-18-23/h3-13,15,18-19,28,36H,14,16,20H2,1-2H3,(H,35,37)/t28-/m0/s1. The fraction of sp³-hybridized carbons (Fsp3) is 0.188. The van der Waals surface area contributed by atoms with E-state index in [4.69, 9.17) is 14.7 Å². The second-order valence-corrected chi connectivity index (χ2v) is 9.26. The molecule has 0 aliphatic carbocycles. The Balaban J connectivity index is 1.41. The molecule has 1 heterocycles. The van der Waals surface area contributed by atoms with Crippen molar-refractivity contribution < 1.29 is 24.2 Å². The van der Waals surface area contributed by atoms with E-state index in [1.807, 2.05) is 43.3 Å². The first-order valence-corrected chi connectivity index (χ1v) is 12.7. The summed E-state index contributed by atoms with van der Waals surface area (Å²) in [4.78, 5) is 29.0. The van der Waals surface area contributed by atoms with E-state index >= 15 is 0 Å². The van der Waals surface area contributed by atoms with Gasteiger partial charge in [0.1, 0.15) is 18.7 Å². The SMILES string of the molecule is COC(=O)[C@H](Cc1ccc(OCc2cccc(-c3ccccc3)c2C)c(O)c1)NC(=O)Cc1cncc(C#N)c1. The number of hydrogen-bond acceptors (Lipinski definition) is 7. The van der Waals surface area contributed by atoms with Gasteiger partial charge in [-0.05, 0) is 58.5 Å². The van der Waals surface area contributed by atoms with Gasteiger partial charge in [0.15, 0.2) is 11.5 Å². The molecule has 40 heavy (non-hydrogen) atoms. The molecule has 0 saturated carbocycles. The van der Waals surface area contributed by atoms with Crippen LogP contribution in [0.15, 0.2) is 85.2 Å². The Hall–Kier alpha value is -5.16. The maximum Gasteiger partial charge on any atom is 0.328 e. The molecule has 3 aromatic carbocycles. The monoisotopic (exact) mass is 535 g/mol. The average molecular weight is 536 g/mol. The maximum atomic E-state index is 12.6. The molecule has 0 unspecified atom stereocenters. The molecule has 0 radical (unpaired) electrons. The molecule has 0 bridgehead atoms. The number of benzene rings is 3. The largest absolute Gasteiger partial charge is 0.504 e. The molecular weight excluding hydrogens is 506 g/mol. The predicted molar refractivity (Wildman–Crippen MR) is 149 cm³/mol. The number of aromatic hydroxyl groups is 1. The number of rotatable bonds is 10. The van der Waals surface area contributed by atoms with Crippen molar-refractivity contribution in [2.24, 2.45) is 0 Å². The van der Waals surface area contributed by atoms with Gasteiger partial charge in [0.05, 0.1) is 19.1 Å². The van der Waals surface area contributed by atoms with Crippen molar-refractivity contribution in [2.45, 2.75) is 32.4 Å². The van der Waals surface area contributed by atoms with Crippen LogP contribution in [0.25, 0.3) is 11.1 Å². The van der Waals surface area contributed by atoms with Crippen LogP contribution in [0.5, 0.6) is 11.5 Å². The summed E-state index contributed by atoms with van der Waals surface area (Å²) in [5, 5.41) is 22.3. The van der Waals surface area contributed by atoms with Crippen LogP contribution in [-0.2, 0) is 33.8 Å². The first-order valence-electron chi connectivity index (χ1n) is 12.7. The van der Waals surface area contributed by atoms with Crippen LogP contribution in [0.4, 0.5) is 0 Å². The smallest absolute Gasteiger partial charge is 0.328 e. The van der Waals surface area contributed by atoms with Crippen molar-refractivity contribution in [3.05, 3.63) is 113 Å². The third kappa shape index (κ3) is 7.03. The highest BCUT2D eigenvalue weighted by atomic mass is 16.5. The van der Waals surface area contributed by atoms with Crippen LogP contribution >= 0.6 is 0 Å². The lowest BCUT2D eigenvalue weighted by Crippen LogP contribution is -2.43. The zero-order valence-electron chi connectivity index (χ0n) is 22.3. The molecule has 4 aromatic rings. The number of nitriles is 1. The molecule has 4 rings (SSSR count). The van der Waals surface area contributed by atoms with E-state index in [-0.39, 0.29) is 25.2 Å². The number of ether oxygens (including phenoxy) is 2. The van der Waals surface area contributed by atoms with Crippen LogP contribution in [0, 0.1) is 18.3 Å². The van der Waals surface area contributed by atoms with Gasteiger partial charge in [-0.1, -0.05) is 54.6 Å². The highest BCUT2D eigenvalue weighted by Crippen LogP contribution is 2.30. The number of hydrogen-bond donors (Lipinski definition) is 2. The number of nitrogens with one attached hydrogen (secondary N) is 1. The van der Waals surface area contributed by atoms with Crippen LogP contribution in [0.2, 0.25) is 0 Å². The van der Waals surface area contributed by atoms with Crippen molar-refractivity contribution >= 4 is 11.9 Å². The summed E-state index contributed by atoms with van der Waals surface area (Å²) in [6, 6.07) is 23.6. The number of phenols is 1. The maximum absolute atomic E-state index is 12.6. The average Bonchev–Trinajstić information content (AvgIpc) is 2.97. The predicted octanol–water partition coefficient (Wildman–Crippen LogP) is 4.66. The number of carbonyl (C=O) groups is 2. The van der Waals surface area contributed by atoms with E-state index in [1.165, 1.54) is 25.6 Å². The number of nitrogens with zero attached hydrogens (tertiary/aromatic N) is 2. The summed E-state index contributed by atoms with van der Waals surface area (Å²) in [5.74, 6) is -0.823. The van der Waals surface area contributed by atoms with Gasteiger partial charge in [-0.25, -0.2) is 4.79 Å². The van der Waals surface area contributed by atoms with Gasteiger partial charge in [0.25, 0.3) is 0 Å². The van der Waals surface area contributed by atoms with Gasteiger partial charge >= 0.3 is 5.97 Å². The molecule has 8 heteroatoms. The van der Waals surface area contributed by atoms with Crippen molar-refractivity contribution in [1.82, 2.24) is 10.3 Å². The normalized spacial score (nSPS) is 11.2. The molecule has 8 nitrogen and oxygen atoms in total. The van der Waals surface area contributed by atoms with E-state index in [0.29, 0.717) is 22.4 Å². The van der Waals surface area contributed by atoms with Crippen molar-refractivity contribution in [3.8, 4) is 28.7 Å². The number of methoxy groups -OCH3 is 1. The second kappa shape index (κ2) is 13.1. The van der Waals surface area contributed by atoms with Gasteiger partial charge in [-0.15, -0.1) is 0 Å². The molecule has 1 amide bonds. The summed E-state index contributed by atoms with van der Waals surface area (Å²) in [6.45, 7) is 2.31. The second-order valence-electron chi connectivity index (χ2n) is 9.26.